The highest BCUT2D eigenvalue weighted by Crippen LogP contribution is 2.24. The van der Waals surface area contributed by atoms with Crippen LogP contribution in [0.5, 0.6) is 0 Å². The molecule has 0 unspecified atom stereocenters. The van der Waals surface area contributed by atoms with Crippen molar-refractivity contribution in [3.05, 3.63) is 30.5 Å². The van der Waals surface area contributed by atoms with Crippen LogP contribution in [0.3, 0.4) is 0 Å². The summed E-state index contributed by atoms with van der Waals surface area (Å²) in [6.45, 7) is 4.69. The van der Waals surface area contributed by atoms with Gasteiger partial charge in [0.2, 0.25) is 0 Å². The number of anilines is 1. The van der Waals surface area contributed by atoms with Gasteiger partial charge in [0.15, 0.2) is 0 Å². The average Bonchev–Trinajstić information content (AvgIpc) is 2.88. The highest BCUT2D eigenvalue weighted by molar-refractivity contribution is 5.85. The van der Waals surface area contributed by atoms with Gasteiger partial charge in [-0.15, -0.1) is 0 Å². The number of carbonyl (C=O) groups is 1. The predicted octanol–water partition coefficient (Wildman–Crippen LogP) is 1.96. The Hall–Kier alpha value is -2.22. The van der Waals surface area contributed by atoms with Gasteiger partial charge in [0.05, 0.1) is 5.52 Å². The molecule has 1 atom stereocenters. The number of benzene rings is 1. The van der Waals surface area contributed by atoms with Crippen molar-refractivity contribution < 1.29 is 22.8 Å². The van der Waals surface area contributed by atoms with E-state index in [-0.39, 0.29) is 0 Å². The van der Waals surface area contributed by atoms with Crippen LogP contribution in [0.1, 0.15) is 6.92 Å². The van der Waals surface area contributed by atoms with Crippen LogP contribution in [0.4, 0.5) is 18.9 Å². The van der Waals surface area contributed by atoms with Gasteiger partial charge in [-0.2, -0.15) is 17.9 Å². The number of alkyl halides is 3. The molecule has 124 valence electrons. The number of hydrogen-bond acceptors (Lipinski definition) is 4. The van der Waals surface area contributed by atoms with Gasteiger partial charge in [-0.05, 0) is 31.2 Å². The lowest BCUT2D eigenvalue weighted by Gasteiger charge is -2.33. The van der Waals surface area contributed by atoms with Crippen LogP contribution in [0.2, 0.25) is 0 Å². The van der Waals surface area contributed by atoms with Crippen LogP contribution < -0.4 is 15.1 Å². The first-order valence-electron chi connectivity index (χ1n) is 7.23. The third-order valence-electron chi connectivity index (χ3n) is 3.78. The first-order chi connectivity index (χ1) is 10.8. The van der Waals surface area contributed by atoms with E-state index in [2.05, 4.69) is 22.0 Å². The Labute approximate surface area is 130 Å². The van der Waals surface area contributed by atoms with Crippen molar-refractivity contribution in [1.82, 2.24) is 10.0 Å². The van der Waals surface area contributed by atoms with Gasteiger partial charge in [-0.1, -0.05) is 0 Å². The molecule has 3 rings (SSSR count). The molecule has 8 heteroatoms. The maximum absolute atomic E-state index is 12.3. The van der Waals surface area contributed by atoms with E-state index < -0.39 is 12.1 Å². The highest BCUT2D eigenvalue weighted by Gasteiger charge is 2.42. The van der Waals surface area contributed by atoms with Gasteiger partial charge >= 0.3 is 12.1 Å². The summed E-state index contributed by atoms with van der Waals surface area (Å²) in [7, 11) is 0. The number of rotatable bonds is 2. The standard InChI is InChI=1S/C15H16F3N3O2/c1-10-9-20(7-5-19-10)12-2-3-13-11(8-12)4-6-21(13)23-14(22)15(16,17)18/h2-4,6,8,10,19H,5,7,9H2,1H3/t10-/m0/s1. The van der Waals surface area contributed by atoms with Crippen molar-refractivity contribution in [2.45, 2.75) is 19.1 Å². The van der Waals surface area contributed by atoms with Crippen molar-refractivity contribution in [2.24, 2.45) is 0 Å². The van der Waals surface area contributed by atoms with Crippen LogP contribution in [-0.2, 0) is 4.79 Å². The third kappa shape index (κ3) is 3.26. The Balaban J connectivity index is 1.84. The first kappa shape index (κ1) is 15.7. The maximum Gasteiger partial charge on any atom is 0.493 e. The summed E-state index contributed by atoms with van der Waals surface area (Å²) in [5.41, 5.74) is 1.40. The molecule has 2 heterocycles. The van der Waals surface area contributed by atoms with Crippen molar-refractivity contribution in [3.8, 4) is 0 Å². The van der Waals surface area contributed by atoms with E-state index >= 15 is 0 Å². The van der Waals surface area contributed by atoms with Crippen LogP contribution in [-0.4, -0.2) is 42.6 Å². The summed E-state index contributed by atoms with van der Waals surface area (Å²) < 4.78 is 37.7. The smallest absolute Gasteiger partial charge is 0.369 e. The van der Waals surface area contributed by atoms with Crippen LogP contribution in [0, 0.1) is 0 Å². The molecule has 1 fully saturated rings. The summed E-state index contributed by atoms with van der Waals surface area (Å²) >= 11 is 0. The number of aromatic nitrogens is 1. The Morgan fingerprint density at radius 2 is 2.13 bits per heavy atom. The maximum atomic E-state index is 12.3. The molecule has 0 spiro atoms. The molecule has 23 heavy (non-hydrogen) atoms. The second-order valence-corrected chi connectivity index (χ2v) is 5.56. The Morgan fingerprint density at radius 1 is 1.35 bits per heavy atom. The normalized spacial score (nSPS) is 19.1. The molecule has 0 radical (unpaired) electrons. The zero-order chi connectivity index (χ0) is 16.6. The largest absolute Gasteiger partial charge is 0.493 e. The van der Waals surface area contributed by atoms with E-state index in [4.69, 9.17) is 0 Å². The monoisotopic (exact) mass is 327 g/mol. The van der Waals surface area contributed by atoms with Gasteiger partial charge in [0.1, 0.15) is 0 Å². The molecule has 1 aromatic carbocycles. The zero-order valence-corrected chi connectivity index (χ0v) is 12.4. The van der Waals surface area contributed by atoms with Crippen molar-refractivity contribution >= 4 is 22.6 Å². The third-order valence-corrected chi connectivity index (χ3v) is 3.78. The summed E-state index contributed by atoms with van der Waals surface area (Å²) in [6, 6.07) is 7.34. The zero-order valence-electron chi connectivity index (χ0n) is 12.4. The lowest BCUT2D eigenvalue weighted by molar-refractivity contribution is -0.199. The molecule has 0 aliphatic carbocycles. The van der Waals surface area contributed by atoms with E-state index in [9.17, 15) is 18.0 Å². The fourth-order valence-corrected chi connectivity index (χ4v) is 2.69. The predicted molar refractivity (Wildman–Crippen MR) is 79.3 cm³/mol. The SMILES string of the molecule is C[C@H]1CN(c2ccc3c(ccn3OC(=O)C(F)(F)F)c2)CCN1. The summed E-state index contributed by atoms with van der Waals surface area (Å²) in [4.78, 5) is 17.5. The van der Waals surface area contributed by atoms with Crippen LogP contribution >= 0.6 is 0 Å². The lowest BCUT2D eigenvalue weighted by atomic mass is 10.1. The Morgan fingerprint density at radius 3 is 2.83 bits per heavy atom. The van der Waals surface area contributed by atoms with Crippen molar-refractivity contribution in [3.63, 3.8) is 0 Å². The van der Waals surface area contributed by atoms with E-state index in [1.54, 1.807) is 12.1 Å². The number of nitrogens with zero attached hydrogens (tertiary/aromatic N) is 2. The summed E-state index contributed by atoms with van der Waals surface area (Å²) in [5, 5.41) is 4.06. The van der Waals surface area contributed by atoms with Gasteiger partial charge in [-0.25, -0.2) is 4.79 Å². The molecule has 5 nitrogen and oxygen atoms in total. The minimum absolute atomic E-state index is 0.372. The molecular formula is C15H16F3N3O2. The Kier molecular flexibility index (Phi) is 3.93. The molecule has 1 N–H and O–H groups in total. The number of halogens is 3. The Bertz CT molecular complexity index is 726. The minimum Gasteiger partial charge on any atom is -0.369 e. The molecule has 0 bridgehead atoms. The minimum atomic E-state index is -5.02. The summed E-state index contributed by atoms with van der Waals surface area (Å²) in [5.74, 6) is -2.24. The number of piperazine rings is 1. The molecule has 0 amide bonds. The van der Waals surface area contributed by atoms with Gasteiger partial charge < -0.3 is 15.1 Å². The second kappa shape index (κ2) is 5.77. The van der Waals surface area contributed by atoms with Gasteiger partial charge in [-0.3, -0.25) is 0 Å². The molecule has 1 aromatic heterocycles. The van der Waals surface area contributed by atoms with E-state index in [1.807, 2.05) is 12.1 Å². The van der Waals surface area contributed by atoms with Crippen molar-refractivity contribution in [1.29, 1.82) is 0 Å². The molecule has 1 aliphatic rings. The molecule has 2 aromatic rings. The quantitative estimate of drug-likeness (QED) is 0.916. The molecule has 1 saturated heterocycles. The van der Waals surface area contributed by atoms with E-state index in [0.717, 1.165) is 30.1 Å². The lowest BCUT2D eigenvalue weighted by Crippen LogP contribution is -2.49. The highest BCUT2D eigenvalue weighted by atomic mass is 19.4. The second-order valence-electron chi connectivity index (χ2n) is 5.56. The number of carbonyl (C=O) groups excluding carboxylic acids is 1. The van der Waals surface area contributed by atoms with E-state index in [0.29, 0.717) is 16.9 Å². The fourth-order valence-electron chi connectivity index (χ4n) is 2.69. The average molecular weight is 327 g/mol. The van der Waals surface area contributed by atoms with E-state index in [1.165, 1.54) is 6.20 Å². The van der Waals surface area contributed by atoms with Gasteiger partial charge in [0, 0.05) is 42.9 Å². The topological polar surface area (TPSA) is 46.5 Å². The molecule has 0 saturated carbocycles. The van der Waals surface area contributed by atoms with Gasteiger partial charge in [0.25, 0.3) is 0 Å². The fraction of sp³-hybridized carbons (Fsp3) is 0.400. The number of hydrogen-bond donors (Lipinski definition) is 1. The number of nitrogens with one attached hydrogen (secondary N) is 1. The summed E-state index contributed by atoms with van der Waals surface area (Å²) in [6.07, 6.45) is -3.72. The number of fused-ring (bicyclic) bond motifs is 1. The molecule has 1 aliphatic heterocycles. The molecular weight excluding hydrogens is 311 g/mol. The van der Waals surface area contributed by atoms with Crippen molar-refractivity contribution in [2.75, 3.05) is 24.5 Å². The van der Waals surface area contributed by atoms with Crippen LogP contribution in [0.15, 0.2) is 30.5 Å². The van der Waals surface area contributed by atoms with Crippen LogP contribution in [0.25, 0.3) is 10.9 Å². The first-order valence-corrected chi connectivity index (χ1v) is 7.23.